The maximum atomic E-state index is 12.8. The Morgan fingerprint density at radius 3 is 2.52 bits per heavy atom. The largest absolute Gasteiger partial charge is 0.340 e. The molecule has 0 radical (unpaired) electrons. The maximum Gasteiger partial charge on any atom is 0.249 e. The minimum absolute atomic E-state index is 0.00306. The molecule has 27 heavy (non-hydrogen) atoms. The summed E-state index contributed by atoms with van der Waals surface area (Å²) in [6.07, 6.45) is 3.22. The van der Waals surface area contributed by atoms with E-state index in [2.05, 4.69) is 16.0 Å². The fraction of sp³-hybridized carbons (Fsp3) is 0.550. The molecule has 2 aliphatic rings. The maximum absolute atomic E-state index is 12.8. The van der Waals surface area contributed by atoms with Gasteiger partial charge in [-0.15, -0.1) is 0 Å². The molecule has 3 N–H and O–H groups in total. The van der Waals surface area contributed by atoms with Gasteiger partial charge in [0.25, 0.3) is 0 Å². The van der Waals surface area contributed by atoms with E-state index in [0.717, 1.165) is 25.8 Å². The molecule has 2 aliphatic heterocycles. The highest BCUT2D eigenvalue weighted by molar-refractivity contribution is 6.01. The van der Waals surface area contributed by atoms with E-state index in [4.69, 9.17) is 0 Å². The molecule has 0 spiro atoms. The molecule has 0 saturated carbocycles. The van der Waals surface area contributed by atoms with Crippen LogP contribution >= 0.6 is 0 Å². The van der Waals surface area contributed by atoms with Crippen molar-refractivity contribution in [2.75, 3.05) is 18.4 Å². The van der Waals surface area contributed by atoms with Crippen molar-refractivity contribution in [2.24, 2.45) is 0 Å². The molecule has 1 aromatic carbocycles. The number of anilines is 1. The van der Waals surface area contributed by atoms with Crippen LogP contribution in [0.5, 0.6) is 0 Å². The van der Waals surface area contributed by atoms with Gasteiger partial charge >= 0.3 is 0 Å². The van der Waals surface area contributed by atoms with Crippen molar-refractivity contribution in [3.05, 3.63) is 30.3 Å². The normalized spacial score (nSPS) is 22.5. The Hall–Kier alpha value is -2.41. The summed E-state index contributed by atoms with van der Waals surface area (Å²) in [5.41, 5.74) is -0.412. The van der Waals surface area contributed by atoms with Crippen molar-refractivity contribution in [3.8, 4) is 0 Å². The zero-order valence-corrected chi connectivity index (χ0v) is 16.0. The Morgan fingerprint density at radius 1 is 1.11 bits per heavy atom. The van der Waals surface area contributed by atoms with Gasteiger partial charge in [0.15, 0.2) is 0 Å². The number of hydrogen-bond donors (Lipinski definition) is 3. The van der Waals surface area contributed by atoms with Gasteiger partial charge in [-0.05, 0) is 58.2 Å². The zero-order chi connectivity index (χ0) is 19.4. The molecule has 2 heterocycles. The average Bonchev–Trinajstić information content (AvgIpc) is 3.33. The van der Waals surface area contributed by atoms with Crippen LogP contribution in [0.2, 0.25) is 0 Å². The fourth-order valence-corrected chi connectivity index (χ4v) is 3.66. The highest BCUT2D eigenvalue weighted by Gasteiger charge is 2.40. The Labute approximate surface area is 159 Å². The predicted octanol–water partition coefficient (Wildman–Crippen LogP) is 1.26. The van der Waals surface area contributed by atoms with Crippen LogP contribution in [0.15, 0.2) is 30.3 Å². The molecule has 0 aliphatic carbocycles. The summed E-state index contributed by atoms with van der Waals surface area (Å²) in [5.74, 6) is -0.570. The molecular formula is C20H28N4O3. The predicted molar refractivity (Wildman–Crippen MR) is 103 cm³/mol. The van der Waals surface area contributed by atoms with Crippen LogP contribution in [0.4, 0.5) is 5.69 Å². The first kappa shape index (κ1) is 19.4. The van der Waals surface area contributed by atoms with E-state index in [-0.39, 0.29) is 23.8 Å². The van der Waals surface area contributed by atoms with Crippen molar-refractivity contribution in [1.82, 2.24) is 15.5 Å². The minimum atomic E-state index is -1.09. The fourth-order valence-electron chi connectivity index (χ4n) is 3.66. The van der Waals surface area contributed by atoms with Crippen molar-refractivity contribution >= 4 is 23.4 Å². The molecule has 1 unspecified atom stereocenters. The third kappa shape index (κ3) is 4.47. The summed E-state index contributed by atoms with van der Waals surface area (Å²) >= 11 is 0. The quantitative estimate of drug-likeness (QED) is 0.726. The first-order chi connectivity index (χ1) is 12.9. The monoisotopic (exact) mass is 372 g/mol. The molecular weight excluding hydrogens is 344 g/mol. The van der Waals surface area contributed by atoms with Crippen molar-refractivity contribution < 1.29 is 14.4 Å². The molecule has 0 bridgehead atoms. The molecule has 2 fully saturated rings. The van der Waals surface area contributed by atoms with Gasteiger partial charge in [0, 0.05) is 12.2 Å². The average molecular weight is 372 g/mol. The Morgan fingerprint density at radius 2 is 1.85 bits per heavy atom. The number of rotatable bonds is 5. The number of nitrogens with one attached hydrogen (secondary N) is 3. The number of carbonyl (C=O) groups is 3. The van der Waals surface area contributed by atoms with Gasteiger partial charge in [0.05, 0.1) is 6.04 Å². The number of para-hydroxylation sites is 1. The van der Waals surface area contributed by atoms with Gasteiger partial charge in [0.2, 0.25) is 17.7 Å². The van der Waals surface area contributed by atoms with E-state index >= 15 is 0 Å². The van der Waals surface area contributed by atoms with Gasteiger partial charge < -0.3 is 20.9 Å². The molecule has 3 amide bonds. The van der Waals surface area contributed by atoms with E-state index in [9.17, 15) is 14.4 Å². The first-order valence-electron chi connectivity index (χ1n) is 9.61. The van der Waals surface area contributed by atoms with Crippen molar-refractivity contribution in [2.45, 2.75) is 57.2 Å². The minimum Gasteiger partial charge on any atom is -0.340 e. The van der Waals surface area contributed by atoms with E-state index in [0.29, 0.717) is 18.7 Å². The van der Waals surface area contributed by atoms with E-state index in [1.54, 1.807) is 30.9 Å². The molecule has 2 saturated heterocycles. The highest BCUT2D eigenvalue weighted by atomic mass is 16.2. The number of amides is 3. The lowest BCUT2D eigenvalue weighted by molar-refractivity contribution is -0.141. The summed E-state index contributed by atoms with van der Waals surface area (Å²) < 4.78 is 0. The molecule has 3 rings (SSSR count). The SMILES string of the molecule is CC(C)(NC(=O)C1CCCN1C(=O)[C@H]1CCCN1)C(=O)Nc1ccccc1. The Kier molecular flexibility index (Phi) is 5.79. The molecule has 1 aromatic rings. The van der Waals surface area contributed by atoms with Gasteiger partial charge in [0.1, 0.15) is 11.6 Å². The topological polar surface area (TPSA) is 90.5 Å². The zero-order valence-electron chi connectivity index (χ0n) is 16.0. The lowest BCUT2D eigenvalue weighted by Crippen LogP contribution is -2.58. The van der Waals surface area contributed by atoms with Gasteiger partial charge in [-0.2, -0.15) is 0 Å². The van der Waals surface area contributed by atoms with Crippen molar-refractivity contribution in [1.29, 1.82) is 0 Å². The highest BCUT2D eigenvalue weighted by Crippen LogP contribution is 2.22. The van der Waals surface area contributed by atoms with Crippen molar-refractivity contribution in [3.63, 3.8) is 0 Å². The second-order valence-electron chi connectivity index (χ2n) is 7.77. The summed E-state index contributed by atoms with van der Waals surface area (Å²) in [5, 5.41) is 8.84. The number of benzene rings is 1. The Balaban J connectivity index is 1.62. The summed E-state index contributed by atoms with van der Waals surface area (Å²) in [4.78, 5) is 39.8. The third-order valence-electron chi connectivity index (χ3n) is 5.23. The van der Waals surface area contributed by atoms with Crippen LogP contribution < -0.4 is 16.0 Å². The van der Waals surface area contributed by atoms with E-state index < -0.39 is 11.6 Å². The van der Waals surface area contributed by atoms with Crippen LogP contribution in [0.1, 0.15) is 39.5 Å². The molecule has 2 atom stereocenters. The third-order valence-corrected chi connectivity index (χ3v) is 5.23. The summed E-state index contributed by atoms with van der Waals surface area (Å²) in [6, 6.07) is 8.42. The van der Waals surface area contributed by atoms with Gasteiger partial charge in [-0.25, -0.2) is 0 Å². The lowest BCUT2D eigenvalue weighted by atomic mass is 10.0. The first-order valence-corrected chi connectivity index (χ1v) is 9.61. The number of nitrogens with zero attached hydrogens (tertiary/aromatic N) is 1. The number of likely N-dealkylation sites (tertiary alicyclic amines) is 1. The second kappa shape index (κ2) is 8.08. The summed E-state index contributed by atoms with van der Waals surface area (Å²) in [6.45, 7) is 4.77. The van der Waals surface area contributed by atoms with E-state index in [1.807, 2.05) is 18.2 Å². The van der Waals surface area contributed by atoms with Crippen LogP contribution in [0.25, 0.3) is 0 Å². The van der Waals surface area contributed by atoms with Crippen LogP contribution in [0, 0.1) is 0 Å². The molecule has 7 heteroatoms. The van der Waals surface area contributed by atoms with Gasteiger partial charge in [-0.1, -0.05) is 18.2 Å². The summed E-state index contributed by atoms with van der Waals surface area (Å²) in [7, 11) is 0. The van der Waals surface area contributed by atoms with Crippen LogP contribution in [-0.4, -0.2) is 53.3 Å². The Bertz CT molecular complexity index is 698. The van der Waals surface area contributed by atoms with Crippen LogP contribution in [-0.2, 0) is 14.4 Å². The number of carbonyl (C=O) groups excluding carboxylic acids is 3. The molecule has 0 aromatic heterocycles. The van der Waals surface area contributed by atoms with Crippen LogP contribution in [0.3, 0.4) is 0 Å². The smallest absolute Gasteiger partial charge is 0.249 e. The number of hydrogen-bond acceptors (Lipinski definition) is 4. The lowest BCUT2D eigenvalue weighted by Gasteiger charge is -2.31. The molecule has 146 valence electrons. The molecule has 7 nitrogen and oxygen atoms in total. The van der Waals surface area contributed by atoms with Gasteiger partial charge in [-0.3, -0.25) is 14.4 Å². The standard InChI is InChI=1S/C20H28N4O3/c1-20(2,19(27)22-14-8-4-3-5-9-14)23-17(25)16-11-7-13-24(16)18(26)15-10-6-12-21-15/h3-5,8-9,15-16,21H,6-7,10-13H2,1-2H3,(H,22,27)(H,23,25)/t15-,16?/m1/s1. The second-order valence-corrected chi connectivity index (χ2v) is 7.77. The van der Waals surface area contributed by atoms with E-state index in [1.165, 1.54) is 0 Å².